The van der Waals surface area contributed by atoms with Crippen LogP contribution in [-0.2, 0) is 4.79 Å². The van der Waals surface area contributed by atoms with Crippen LogP contribution in [0.15, 0.2) is 0 Å². The highest BCUT2D eigenvalue weighted by Crippen LogP contribution is 1.97. The summed E-state index contributed by atoms with van der Waals surface area (Å²) in [5, 5.41) is 11.4. The molecule has 0 heterocycles. The average molecular weight is 208 g/mol. The summed E-state index contributed by atoms with van der Waals surface area (Å²) in [6, 6.07) is 0.148. The average Bonchev–Trinajstić information content (AvgIpc) is 2.11. The fraction of sp³-hybridized carbons (Fsp3) is 0.889. The lowest BCUT2D eigenvalue weighted by atomic mass is 10.2. The van der Waals surface area contributed by atoms with E-state index in [4.69, 9.17) is 16.7 Å². The molecule has 0 aromatic heterocycles. The molecule has 0 fully saturated rings. The van der Waals surface area contributed by atoms with E-state index in [1.54, 1.807) is 0 Å². The molecule has 1 atom stereocenters. The Kier molecular flexibility index (Phi) is 8.14. The molecule has 0 aromatic carbocycles. The van der Waals surface area contributed by atoms with Crippen LogP contribution in [0.4, 0.5) is 0 Å². The summed E-state index contributed by atoms with van der Waals surface area (Å²) in [7, 11) is 0. The van der Waals surface area contributed by atoms with Crippen molar-refractivity contribution >= 4 is 17.5 Å². The zero-order valence-corrected chi connectivity index (χ0v) is 8.81. The van der Waals surface area contributed by atoms with Crippen LogP contribution < -0.4 is 5.32 Å². The van der Waals surface area contributed by atoms with Gasteiger partial charge in [0.15, 0.2) is 0 Å². The number of alkyl halides is 1. The van der Waals surface area contributed by atoms with Gasteiger partial charge in [0.2, 0.25) is 5.91 Å². The molecule has 0 rings (SSSR count). The third-order valence-electron chi connectivity index (χ3n) is 1.74. The Bertz CT molecular complexity index is 142. The molecule has 78 valence electrons. The molecule has 0 saturated heterocycles. The number of rotatable bonds is 7. The molecule has 0 spiro atoms. The molecule has 2 N–H and O–H groups in total. The number of hydrogen-bond donors (Lipinski definition) is 2. The van der Waals surface area contributed by atoms with Crippen molar-refractivity contribution in [3.8, 4) is 0 Å². The van der Waals surface area contributed by atoms with E-state index < -0.39 is 0 Å². The first-order valence-electron chi connectivity index (χ1n) is 4.67. The van der Waals surface area contributed by atoms with Crippen molar-refractivity contribution in [1.82, 2.24) is 5.32 Å². The largest absolute Gasteiger partial charge is 0.396 e. The molecule has 0 radical (unpaired) electrons. The summed E-state index contributed by atoms with van der Waals surface area (Å²) in [6.45, 7) is 2.12. The Balaban J connectivity index is 3.41. The van der Waals surface area contributed by atoms with Gasteiger partial charge < -0.3 is 10.4 Å². The van der Waals surface area contributed by atoms with Crippen LogP contribution >= 0.6 is 11.6 Å². The minimum absolute atomic E-state index is 0.0473. The third kappa shape index (κ3) is 8.06. The van der Waals surface area contributed by atoms with Gasteiger partial charge in [-0.15, -0.1) is 11.6 Å². The Morgan fingerprint density at radius 1 is 1.54 bits per heavy atom. The lowest BCUT2D eigenvalue weighted by Gasteiger charge is -2.12. The topological polar surface area (TPSA) is 49.3 Å². The van der Waals surface area contributed by atoms with E-state index in [9.17, 15) is 4.79 Å². The normalized spacial score (nSPS) is 12.5. The van der Waals surface area contributed by atoms with Crippen LogP contribution in [0.1, 0.15) is 32.6 Å². The van der Waals surface area contributed by atoms with E-state index in [0.29, 0.717) is 12.3 Å². The highest BCUT2D eigenvalue weighted by atomic mass is 35.5. The summed E-state index contributed by atoms with van der Waals surface area (Å²) in [5.74, 6) is 0.574. The van der Waals surface area contributed by atoms with Crippen molar-refractivity contribution in [2.45, 2.75) is 38.6 Å². The van der Waals surface area contributed by atoms with Gasteiger partial charge >= 0.3 is 0 Å². The van der Waals surface area contributed by atoms with Crippen molar-refractivity contribution in [3.05, 3.63) is 0 Å². The molecular formula is C9H18ClNO2. The molecule has 4 heteroatoms. The fourth-order valence-electron chi connectivity index (χ4n) is 1.04. The van der Waals surface area contributed by atoms with Crippen molar-refractivity contribution in [1.29, 1.82) is 0 Å². The number of nitrogens with one attached hydrogen (secondary N) is 1. The Labute approximate surface area is 84.5 Å². The van der Waals surface area contributed by atoms with Crippen LogP contribution in [0.3, 0.4) is 0 Å². The number of carbonyl (C=O) groups excluding carboxylic acids is 1. The Hall–Kier alpha value is -0.280. The lowest BCUT2D eigenvalue weighted by molar-refractivity contribution is -0.121. The Morgan fingerprint density at radius 3 is 2.77 bits per heavy atom. The van der Waals surface area contributed by atoms with E-state index in [1.807, 2.05) is 6.92 Å². The maximum absolute atomic E-state index is 11.1. The molecule has 0 aliphatic heterocycles. The van der Waals surface area contributed by atoms with Gasteiger partial charge in [-0.1, -0.05) is 0 Å². The van der Waals surface area contributed by atoms with Crippen LogP contribution in [0.5, 0.6) is 0 Å². The number of carbonyl (C=O) groups is 1. The maximum Gasteiger partial charge on any atom is 0.220 e. The molecule has 0 saturated carbocycles. The summed E-state index contributed by atoms with van der Waals surface area (Å²) in [6.07, 6.45) is 2.77. The molecule has 0 aliphatic carbocycles. The van der Waals surface area contributed by atoms with Crippen molar-refractivity contribution < 1.29 is 9.90 Å². The Morgan fingerprint density at radius 2 is 2.23 bits per heavy atom. The van der Waals surface area contributed by atoms with Crippen molar-refractivity contribution in [2.75, 3.05) is 12.5 Å². The van der Waals surface area contributed by atoms with Gasteiger partial charge in [-0.05, 0) is 26.2 Å². The predicted octanol–water partition coefficient (Wildman–Crippen LogP) is 1.28. The number of aliphatic hydroxyl groups excluding tert-OH is 1. The van der Waals surface area contributed by atoms with Crippen LogP contribution in [0.2, 0.25) is 0 Å². The van der Waals surface area contributed by atoms with Crippen molar-refractivity contribution in [3.63, 3.8) is 0 Å². The van der Waals surface area contributed by atoms with Crippen LogP contribution in [0, 0.1) is 0 Å². The molecule has 0 aromatic rings. The number of hydrogen-bond acceptors (Lipinski definition) is 2. The van der Waals surface area contributed by atoms with Crippen molar-refractivity contribution in [2.24, 2.45) is 0 Å². The second-order valence-corrected chi connectivity index (χ2v) is 3.50. The first-order chi connectivity index (χ1) is 6.20. The molecule has 13 heavy (non-hydrogen) atoms. The molecule has 1 amide bonds. The summed E-state index contributed by atoms with van der Waals surface area (Å²) in [4.78, 5) is 11.1. The summed E-state index contributed by atoms with van der Waals surface area (Å²) in [5.41, 5.74) is 0. The number of halogens is 1. The van der Waals surface area contributed by atoms with Crippen LogP contribution in [-0.4, -0.2) is 29.5 Å². The van der Waals surface area contributed by atoms with Gasteiger partial charge in [-0.3, -0.25) is 4.79 Å². The van der Waals surface area contributed by atoms with Gasteiger partial charge in [0, 0.05) is 24.9 Å². The lowest BCUT2D eigenvalue weighted by Crippen LogP contribution is -2.32. The predicted molar refractivity (Wildman–Crippen MR) is 53.9 cm³/mol. The highest BCUT2D eigenvalue weighted by molar-refractivity contribution is 6.17. The quantitative estimate of drug-likeness (QED) is 0.618. The van der Waals surface area contributed by atoms with Gasteiger partial charge in [0.1, 0.15) is 0 Å². The zero-order chi connectivity index (χ0) is 10.1. The molecule has 3 nitrogen and oxygen atoms in total. The maximum atomic E-state index is 11.1. The van der Waals surface area contributed by atoms with Gasteiger partial charge in [0.05, 0.1) is 0 Å². The zero-order valence-electron chi connectivity index (χ0n) is 8.05. The molecule has 0 bridgehead atoms. The monoisotopic (exact) mass is 207 g/mol. The van der Waals surface area contributed by atoms with Gasteiger partial charge in [0.25, 0.3) is 0 Å². The fourth-order valence-corrected chi connectivity index (χ4v) is 1.18. The third-order valence-corrected chi connectivity index (χ3v) is 2.01. The van der Waals surface area contributed by atoms with E-state index in [2.05, 4.69) is 5.32 Å². The number of aliphatic hydroxyl groups is 1. The van der Waals surface area contributed by atoms with Crippen LogP contribution in [0.25, 0.3) is 0 Å². The minimum Gasteiger partial charge on any atom is -0.396 e. The van der Waals surface area contributed by atoms with Gasteiger partial charge in [-0.25, -0.2) is 0 Å². The van der Waals surface area contributed by atoms with E-state index in [-0.39, 0.29) is 18.6 Å². The first kappa shape index (κ1) is 12.7. The first-order valence-corrected chi connectivity index (χ1v) is 5.20. The highest BCUT2D eigenvalue weighted by Gasteiger charge is 2.05. The minimum atomic E-state index is 0.0473. The molecular weight excluding hydrogens is 190 g/mol. The smallest absolute Gasteiger partial charge is 0.220 e. The molecule has 1 unspecified atom stereocenters. The van der Waals surface area contributed by atoms with E-state index in [1.165, 1.54) is 0 Å². The summed E-state index contributed by atoms with van der Waals surface area (Å²) >= 11 is 5.45. The number of amides is 1. The van der Waals surface area contributed by atoms with Gasteiger partial charge in [-0.2, -0.15) is 0 Å². The summed E-state index contributed by atoms with van der Waals surface area (Å²) < 4.78 is 0. The van der Waals surface area contributed by atoms with E-state index in [0.717, 1.165) is 19.3 Å². The SMILES string of the molecule is CC(CCCO)NC(=O)CCCCl. The second kappa shape index (κ2) is 8.32. The van der Waals surface area contributed by atoms with E-state index >= 15 is 0 Å². The second-order valence-electron chi connectivity index (χ2n) is 3.13. The standard InChI is InChI=1S/C9H18ClNO2/c1-8(4-3-7-12)11-9(13)5-2-6-10/h8,12H,2-7H2,1H3,(H,11,13). The molecule has 0 aliphatic rings.